The highest BCUT2D eigenvalue weighted by Gasteiger charge is 2.41. The van der Waals surface area contributed by atoms with Crippen LogP contribution >= 0.6 is 0 Å². The second-order valence-electron chi connectivity index (χ2n) is 6.45. The minimum atomic E-state index is -0.391. The zero-order valence-electron chi connectivity index (χ0n) is 14.4. The van der Waals surface area contributed by atoms with E-state index in [1.807, 2.05) is 27.0 Å². The van der Waals surface area contributed by atoms with Gasteiger partial charge in [-0.2, -0.15) is 0 Å². The second kappa shape index (κ2) is 6.27. The first kappa shape index (κ1) is 16.5. The molecule has 3 heterocycles. The molecule has 2 aliphatic rings. The Labute approximate surface area is 140 Å². The third-order valence-corrected chi connectivity index (χ3v) is 4.61. The molecular weight excluding hydrogens is 310 g/mol. The Morgan fingerprint density at radius 2 is 2.21 bits per heavy atom. The van der Waals surface area contributed by atoms with Gasteiger partial charge >= 0.3 is 0 Å². The Balaban J connectivity index is 1.60. The van der Waals surface area contributed by atoms with Crippen LogP contribution < -0.4 is 10.7 Å². The number of carbonyl (C=O) groups is 2. The Morgan fingerprint density at radius 3 is 2.88 bits per heavy atom. The van der Waals surface area contributed by atoms with Crippen LogP contribution in [-0.2, 0) is 16.0 Å². The van der Waals surface area contributed by atoms with Gasteiger partial charge in [-0.25, -0.2) is 5.43 Å². The third-order valence-electron chi connectivity index (χ3n) is 4.61. The van der Waals surface area contributed by atoms with Gasteiger partial charge in [-0.15, -0.1) is 0 Å². The molecule has 0 spiro atoms. The fourth-order valence-electron chi connectivity index (χ4n) is 3.21. The SMILES string of the molecule is CC1=CN2NC(C(=O)N(C)CCc3c(C)noc3C)CC2C(=O)N1. The summed E-state index contributed by atoms with van der Waals surface area (Å²) in [6.07, 6.45) is 2.98. The van der Waals surface area contributed by atoms with E-state index in [-0.39, 0.29) is 17.9 Å². The molecule has 0 saturated carbocycles. The molecule has 2 atom stereocenters. The van der Waals surface area contributed by atoms with E-state index in [1.165, 1.54) is 0 Å². The molecule has 1 aromatic rings. The van der Waals surface area contributed by atoms with Gasteiger partial charge in [-0.3, -0.25) is 9.59 Å². The smallest absolute Gasteiger partial charge is 0.248 e. The largest absolute Gasteiger partial charge is 0.361 e. The summed E-state index contributed by atoms with van der Waals surface area (Å²) < 4.78 is 5.15. The Morgan fingerprint density at radius 1 is 1.46 bits per heavy atom. The number of hydrogen-bond donors (Lipinski definition) is 2. The summed E-state index contributed by atoms with van der Waals surface area (Å²) in [4.78, 5) is 26.3. The molecule has 8 heteroatoms. The standard InChI is InChI=1S/C16H23N5O3/c1-9-8-21-14(15(22)17-9)7-13(18-21)16(23)20(4)6-5-12-10(2)19-24-11(12)3/h8,13-14,18H,5-7H2,1-4H3,(H,17,22). The number of likely N-dealkylation sites (N-methyl/N-ethyl adjacent to an activating group) is 1. The maximum atomic E-state index is 12.7. The number of hydrazine groups is 1. The molecule has 0 radical (unpaired) electrons. The van der Waals surface area contributed by atoms with E-state index in [2.05, 4.69) is 15.9 Å². The van der Waals surface area contributed by atoms with Gasteiger partial charge in [-0.05, 0) is 27.2 Å². The number of amides is 2. The molecule has 2 unspecified atom stereocenters. The van der Waals surface area contributed by atoms with E-state index < -0.39 is 6.04 Å². The molecule has 24 heavy (non-hydrogen) atoms. The summed E-state index contributed by atoms with van der Waals surface area (Å²) >= 11 is 0. The van der Waals surface area contributed by atoms with Crippen molar-refractivity contribution >= 4 is 11.8 Å². The first-order valence-corrected chi connectivity index (χ1v) is 8.07. The summed E-state index contributed by atoms with van der Waals surface area (Å²) in [5.41, 5.74) is 5.80. The van der Waals surface area contributed by atoms with E-state index in [0.717, 1.165) is 22.7 Å². The second-order valence-corrected chi connectivity index (χ2v) is 6.45. The van der Waals surface area contributed by atoms with Gasteiger partial charge in [0.25, 0.3) is 0 Å². The summed E-state index contributed by atoms with van der Waals surface area (Å²) in [5, 5.41) is 8.46. The third kappa shape index (κ3) is 3.01. The maximum absolute atomic E-state index is 12.7. The number of allylic oxidation sites excluding steroid dienone is 1. The van der Waals surface area contributed by atoms with Crippen molar-refractivity contribution in [3.63, 3.8) is 0 Å². The lowest BCUT2D eigenvalue weighted by molar-refractivity contribution is -0.132. The predicted octanol–water partition coefficient (Wildman–Crippen LogP) is 0.231. The minimum Gasteiger partial charge on any atom is -0.361 e. The van der Waals surface area contributed by atoms with Crippen LogP contribution in [0.1, 0.15) is 30.4 Å². The Bertz CT molecular complexity index is 676. The highest BCUT2D eigenvalue weighted by atomic mass is 16.5. The number of aromatic nitrogens is 1. The summed E-state index contributed by atoms with van der Waals surface area (Å²) in [7, 11) is 1.78. The van der Waals surface area contributed by atoms with Gasteiger partial charge in [0.1, 0.15) is 17.8 Å². The summed E-state index contributed by atoms with van der Waals surface area (Å²) in [6.45, 7) is 6.17. The predicted molar refractivity (Wildman–Crippen MR) is 86.4 cm³/mol. The van der Waals surface area contributed by atoms with Gasteiger partial charge < -0.3 is 19.7 Å². The number of rotatable bonds is 4. The normalized spacial score (nSPS) is 22.9. The number of aryl methyl sites for hydroxylation is 2. The zero-order chi connectivity index (χ0) is 17.4. The van der Waals surface area contributed by atoms with Crippen LogP contribution in [0, 0.1) is 13.8 Å². The van der Waals surface area contributed by atoms with Crippen molar-refractivity contribution in [2.24, 2.45) is 0 Å². The van der Waals surface area contributed by atoms with E-state index in [1.54, 1.807) is 17.0 Å². The molecule has 2 aliphatic heterocycles. The van der Waals surface area contributed by atoms with Crippen molar-refractivity contribution in [1.29, 1.82) is 0 Å². The van der Waals surface area contributed by atoms with E-state index >= 15 is 0 Å². The van der Waals surface area contributed by atoms with Gasteiger partial charge in [0, 0.05) is 37.5 Å². The van der Waals surface area contributed by atoms with Crippen molar-refractivity contribution < 1.29 is 14.1 Å². The highest BCUT2D eigenvalue weighted by molar-refractivity contribution is 5.88. The fourth-order valence-corrected chi connectivity index (χ4v) is 3.21. The Hall–Kier alpha value is -2.35. The van der Waals surface area contributed by atoms with Crippen LogP contribution in [0.5, 0.6) is 0 Å². The number of nitrogens with one attached hydrogen (secondary N) is 2. The van der Waals surface area contributed by atoms with Crippen molar-refractivity contribution in [3.05, 3.63) is 28.9 Å². The molecule has 2 amide bonds. The van der Waals surface area contributed by atoms with Crippen molar-refractivity contribution in [2.75, 3.05) is 13.6 Å². The molecule has 2 N–H and O–H groups in total. The topological polar surface area (TPSA) is 90.7 Å². The van der Waals surface area contributed by atoms with Gasteiger partial charge in [0.15, 0.2) is 0 Å². The summed E-state index contributed by atoms with van der Waals surface area (Å²) in [6, 6.07) is -0.726. The molecule has 1 aromatic heterocycles. The molecular formula is C16H23N5O3. The summed E-state index contributed by atoms with van der Waals surface area (Å²) in [5.74, 6) is 0.702. The van der Waals surface area contributed by atoms with Crippen LogP contribution in [0.25, 0.3) is 0 Å². The zero-order valence-corrected chi connectivity index (χ0v) is 14.4. The Kier molecular flexibility index (Phi) is 4.31. The average Bonchev–Trinajstić information content (AvgIpc) is 3.08. The molecule has 1 fully saturated rings. The molecule has 0 bridgehead atoms. The average molecular weight is 333 g/mol. The number of nitrogens with zero attached hydrogens (tertiary/aromatic N) is 3. The van der Waals surface area contributed by atoms with Crippen LogP contribution in [0.4, 0.5) is 0 Å². The van der Waals surface area contributed by atoms with Gasteiger partial charge in [-0.1, -0.05) is 5.16 Å². The highest BCUT2D eigenvalue weighted by Crippen LogP contribution is 2.21. The lowest BCUT2D eigenvalue weighted by Gasteiger charge is -2.27. The molecule has 1 saturated heterocycles. The van der Waals surface area contributed by atoms with Crippen molar-refractivity contribution in [2.45, 2.75) is 45.7 Å². The fraction of sp³-hybridized carbons (Fsp3) is 0.562. The van der Waals surface area contributed by atoms with Crippen LogP contribution in [-0.4, -0.2) is 52.6 Å². The van der Waals surface area contributed by atoms with Crippen LogP contribution in [0.2, 0.25) is 0 Å². The number of carbonyl (C=O) groups excluding carboxylic acids is 2. The molecule has 0 aromatic carbocycles. The molecule has 0 aliphatic carbocycles. The van der Waals surface area contributed by atoms with Crippen LogP contribution in [0.15, 0.2) is 16.4 Å². The van der Waals surface area contributed by atoms with Crippen molar-refractivity contribution in [3.8, 4) is 0 Å². The lowest BCUT2D eigenvalue weighted by atomic mass is 10.1. The van der Waals surface area contributed by atoms with Gasteiger partial charge in [0.05, 0.1) is 5.69 Å². The van der Waals surface area contributed by atoms with Crippen LogP contribution in [0.3, 0.4) is 0 Å². The number of hydrogen-bond acceptors (Lipinski definition) is 6. The van der Waals surface area contributed by atoms with E-state index in [0.29, 0.717) is 19.4 Å². The van der Waals surface area contributed by atoms with Gasteiger partial charge in [0.2, 0.25) is 11.8 Å². The molecule has 3 rings (SSSR count). The first-order valence-electron chi connectivity index (χ1n) is 8.07. The molecule has 130 valence electrons. The minimum absolute atomic E-state index is 0.0185. The monoisotopic (exact) mass is 333 g/mol. The molecule has 8 nitrogen and oxygen atoms in total. The van der Waals surface area contributed by atoms with Crippen molar-refractivity contribution in [1.82, 2.24) is 25.8 Å². The first-order chi connectivity index (χ1) is 11.4. The quantitative estimate of drug-likeness (QED) is 0.820. The van der Waals surface area contributed by atoms with E-state index in [4.69, 9.17) is 4.52 Å². The lowest BCUT2D eigenvalue weighted by Crippen LogP contribution is -2.49. The number of fused-ring (bicyclic) bond motifs is 1. The maximum Gasteiger partial charge on any atom is 0.248 e. The van der Waals surface area contributed by atoms with E-state index in [9.17, 15) is 9.59 Å².